The van der Waals surface area contributed by atoms with Crippen LogP contribution in [-0.4, -0.2) is 21.6 Å². The van der Waals surface area contributed by atoms with Gasteiger partial charge in [-0.2, -0.15) is 0 Å². The van der Waals surface area contributed by atoms with E-state index in [9.17, 15) is 9.59 Å². The van der Waals surface area contributed by atoms with Gasteiger partial charge < -0.3 is 14.4 Å². The molecule has 1 saturated carbocycles. The molecule has 19 heavy (non-hydrogen) atoms. The predicted molar refractivity (Wildman–Crippen MR) is 68.5 cm³/mol. The Bertz CT molecular complexity index is 682. The third-order valence-corrected chi connectivity index (χ3v) is 3.24. The van der Waals surface area contributed by atoms with Crippen molar-refractivity contribution in [1.82, 2.24) is 4.57 Å². The highest BCUT2D eigenvalue weighted by Crippen LogP contribution is 2.40. The highest BCUT2D eigenvalue weighted by atomic mass is 16.5. The van der Waals surface area contributed by atoms with Gasteiger partial charge in [0.1, 0.15) is 5.75 Å². The van der Waals surface area contributed by atoms with Crippen molar-refractivity contribution in [3.8, 4) is 5.75 Å². The van der Waals surface area contributed by atoms with Crippen molar-refractivity contribution in [2.45, 2.75) is 25.8 Å². The van der Waals surface area contributed by atoms with Crippen molar-refractivity contribution in [3.63, 3.8) is 0 Å². The Hall–Kier alpha value is -2.30. The molecular weight excluding hydrogens is 246 g/mol. The van der Waals surface area contributed by atoms with E-state index in [0.717, 1.165) is 23.7 Å². The van der Waals surface area contributed by atoms with E-state index in [-0.39, 0.29) is 5.56 Å². The summed E-state index contributed by atoms with van der Waals surface area (Å²) in [5.74, 6) is -1.18. The molecule has 0 amide bonds. The quantitative estimate of drug-likeness (QED) is 0.679. The molecule has 2 aromatic rings. The minimum atomic E-state index is -1.03. The zero-order valence-corrected chi connectivity index (χ0v) is 10.4. The molecule has 1 heterocycles. The second-order valence-corrected chi connectivity index (χ2v) is 4.76. The van der Waals surface area contributed by atoms with Gasteiger partial charge in [-0.1, -0.05) is 0 Å². The van der Waals surface area contributed by atoms with E-state index < -0.39 is 11.9 Å². The maximum absolute atomic E-state index is 11.2. The lowest BCUT2D eigenvalue weighted by molar-refractivity contribution is -0.131. The molecule has 0 spiro atoms. The molecule has 1 aromatic carbocycles. The Labute approximate surface area is 109 Å². The highest BCUT2D eigenvalue weighted by Gasteiger charge is 2.25. The van der Waals surface area contributed by atoms with Gasteiger partial charge in [0.2, 0.25) is 0 Å². The monoisotopic (exact) mass is 259 g/mol. The molecule has 98 valence electrons. The van der Waals surface area contributed by atoms with Gasteiger partial charge >= 0.3 is 11.9 Å². The first-order valence-corrected chi connectivity index (χ1v) is 6.12. The molecule has 3 rings (SSSR count). The first-order valence-electron chi connectivity index (χ1n) is 6.12. The lowest BCUT2D eigenvalue weighted by atomic mass is 10.1. The molecule has 0 radical (unpaired) electrons. The lowest BCUT2D eigenvalue weighted by Gasteiger charge is -2.07. The fourth-order valence-corrected chi connectivity index (χ4v) is 2.26. The van der Waals surface area contributed by atoms with Crippen LogP contribution in [0.1, 0.15) is 36.2 Å². The summed E-state index contributed by atoms with van der Waals surface area (Å²) in [6, 6.07) is 5.32. The van der Waals surface area contributed by atoms with E-state index in [0.29, 0.717) is 11.8 Å². The van der Waals surface area contributed by atoms with Crippen LogP contribution in [0.25, 0.3) is 10.9 Å². The van der Waals surface area contributed by atoms with Crippen molar-refractivity contribution in [3.05, 3.63) is 30.0 Å². The van der Waals surface area contributed by atoms with E-state index >= 15 is 0 Å². The number of aromatic nitrogens is 1. The van der Waals surface area contributed by atoms with Gasteiger partial charge in [-0.15, -0.1) is 0 Å². The van der Waals surface area contributed by atoms with Gasteiger partial charge in [0.15, 0.2) is 0 Å². The average molecular weight is 259 g/mol. The van der Waals surface area contributed by atoms with E-state index in [4.69, 9.17) is 9.84 Å². The Kier molecular flexibility index (Phi) is 2.55. The van der Waals surface area contributed by atoms with Crippen LogP contribution in [0.15, 0.2) is 24.4 Å². The van der Waals surface area contributed by atoms with Crippen LogP contribution < -0.4 is 4.74 Å². The van der Waals surface area contributed by atoms with Gasteiger partial charge in [0.25, 0.3) is 0 Å². The minimum Gasteiger partial charge on any atom is -0.478 e. The van der Waals surface area contributed by atoms with Crippen LogP contribution in [-0.2, 0) is 4.79 Å². The molecular formula is C14H13NO4. The first-order chi connectivity index (χ1) is 9.06. The Morgan fingerprint density at radius 2 is 2.11 bits per heavy atom. The SMILES string of the molecule is CC(=O)Oc1cc(C(=O)O)cc2c1ccn2C1CC1. The largest absolute Gasteiger partial charge is 0.478 e. The summed E-state index contributed by atoms with van der Waals surface area (Å²) in [6.45, 7) is 1.30. The van der Waals surface area contributed by atoms with E-state index in [1.807, 2.05) is 12.3 Å². The molecule has 0 atom stereocenters. The number of fused-ring (bicyclic) bond motifs is 1. The molecule has 1 fully saturated rings. The first kappa shape index (κ1) is 11.8. The number of carboxylic acids is 1. The summed E-state index contributed by atoms with van der Waals surface area (Å²) in [5, 5.41) is 9.91. The maximum atomic E-state index is 11.2. The van der Waals surface area contributed by atoms with Gasteiger partial charge in [0, 0.05) is 24.5 Å². The number of nitrogens with zero attached hydrogens (tertiary/aromatic N) is 1. The predicted octanol–water partition coefficient (Wildman–Crippen LogP) is 2.60. The second kappa shape index (κ2) is 4.12. The second-order valence-electron chi connectivity index (χ2n) is 4.76. The number of carbonyl (C=O) groups is 2. The van der Waals surface area contributed by atoms with Crippen LogP contribution >= 0.6 is 0 Å². The minimum absolute atomic E-state index is 0.129. The fraction of sp³-hybridized carbons (Fsp3) is 0.286. The summed E-state index contributed by atoms with van der Waals surface area (Å²) in [7, 11) is 0. The molecule has 0 aliphatic heterocycles. The smallest absolute Gasteiger partial charge is 0.335 e. The van der Waals surface area contributed by atoms with Crippen LogP contribution in [0.3, 0.4) is 0 Å². The van der Waals surface area contributed by atoms with E-state index in [1.165, 1.54) is 13.0 Å². The van der Waals surface area contributed by atoms with E-state index in [1.54, 1.807) is 6.07 Å². The fourth-order valence-electron chi connectivity index (χ4n) is 2.26. The number of rotatable bonds is 3. The van der Waals surface area contributed by atoms with Crippen LogP contribution in [0.4, 0.5) is 0 Å². The van der Waals surface area contributed by atoms with Crippen molar-refractivity contribution in [2.75, 3.05) is 0 Å². The average Bonchev–Trinajstić information content (AvgIpc) is 3.08. The van der Waals surface area contributed by atoms with Crippen LogP contribution in [0, 0.1) is 0 Å². The summed E-state index contributed by atoms with van der Waals surface area (Å²) in [6.07, 6.45) is 4.12. The number of esters is 1. The molecule has 5 nitrogen and oxygen atoms in total. The number of hydrogen-bond donors (Lipinski definition) is 1. The molecule has 0 unspecified atom stereocenters. The van der Waals surface area contributed by atoms with Crippen molar-refractivity contribution in [2.24, 2.45) is 0 Å². The Morgan fingerprint density at radius 1 is 1.37 bits per heavy atom. The van der Waals surface area contributed by atoms with Crippen molar-refractivity contribution >= 4 is 22.8 Å². The summed E-state index contributed by atoms with van der Waals surface area (Å²) >= 11 is 0. The van der Waals surface area contributed by atoms with Crippen molar-refractivity contribution < 1.29 is 19.4 Å². The number of carbonyl (C=O) groups excluding carboxylic acids is 1. The molecule has 1 N–H and O–H groups in total. The van der Waals surface area contributed by atoms with Gasteiger partial charge in [-0.05, 0) is 31.0 Å². The number of benzene rings is 1. The Morgan fingerprint density at radius 3 is 2.68 bits per heavy atom. The zero-order chi connectivity index (χ0) is 13.6. The maximum Gasteiger partial charge on any atom is 0.335 e. The molecule has 1 aromatic heterocycles. The number of carboxylic acid groups (broad SMARTS) is 1. The third-order valence-electron chi connectivity index (χ3n) is 3.24. The molecule has 1 aliphatic rings. The molecule has 0 saturated heterocycles. The van der Waals surface area contributed by atoms with Crippen LogP contribution in [0.5, 0.6) is 5.75 Å². The Balaban J connectivity index is 2.21. The van der Waals surface area contributed by atoms with Crippen molar-refractivity contribution in [1.29, 1.82) is 0 Å². The molecule has 5 heteroatoms. The highest BCUT2D eigenvalue weighted by molar-refractivity contribution is 5.97. The standard InChI is InChI=1S/C14H13NO4/c1-8(16)19-13-7-9(14(17)18)6-12-11(13)4-5-15(12)10-2-3-10/h4-7,10H,2-3H2,1H3,(H,17,18). The van der Waals surface area contributed by atoms with Crippen LogP contribution in [0.2, 0.25) is 0 Å². The third kappa shape index (κ3) is 2.07. The zero-order valence-electron chi connectivity index (χ0n) is 10.4. The molecule has 1 aliphatic carbocycles. The van der Waals surface area contributed by atoms with E-state index in [2.05, 4.69) is 4.57 Å². The van der Waals surface area contributed by atoms with Gasteiger partial charge in [0.05, 0.1) is 11.1 Å². The number of hydrogen-bond acceptors (Lipinski definition) is 3. The number of ether oxygens (including phenoxy) is 1. The van der Waals surface area contributed by atoms with Gasteiger partial charge in [-0.25, -0.2) is 4.79 Å². The molecule has 0 bridgehead atoms. The topological polar surface area (TPSA) is 68.5 Å². The summed E-state index contributed by atoms with van der Waals surface area (Å²) in [4.78, 5) is 22.3. The van der Waals surface area contributed by atoms with Gasteiger partial charge in [-0.3, -0.25) is 4.79 Å². The number of aromatic carboxylic acids is 1. The summed E-state index contributed by atoms with van der Waals surface area (Å²) in [5.41, 5.74) is 0.933. The normalized spacial score (nSPS) is 14.6. The lowest BCUT2D eigenvalue weighted by Crippen LogP contribution is -2.04. The summed E-state index contributed by atoms with van der Waals surface area (Å²) < 4.78 is 7.17.